The van der Waals surface area contributed by atoms with E-state index in [1.165, 1.54) is 9.13 Å². The number of hydrogen-bond acceptors (Lipinski definition) is 4. The van der Waals surface area contributed by atoms with Crippen molar-refractivity contribution in [2.75, 3.05) is 7.11 Å². The second-order valence-corrected chi connectivity index (χ2v) is 7.80. The number of hydrogen-bond donors (Lipinski definition) is 0. The molecule has 3 heterocycles. The smallest absolute Gasteiger partial charge is 0.332 e. The topological polar surface area (TPSA) is 75.5 Å². The fourth-order valence-electron chi connectivity index (χ4n) is 4.16. The van der Waals surface area contributed by atoms with Gasteiger partial charge in [-0.05, 0) is 31.0 Å². The highest BCUT2D eigenvalue weighted by atomic mass is 16.5. The van der Waals surface area contributed by atoms with Crippen molar-refractivity contribution in [3.8, 4) is 11.4 Å². The number of ether oxygens (including phenoxy) is 1. The summed E-state index contributed by atoms with van der Waals surface area (Å²) in [5.41, 5.74) is 2.88. The van der Waals surface area contributed by atoms with Gasteiger partial charge in [0.15, 0.2) is 11.2 Å². The van der Waals surface area contributed by atoms with Crippen LogP contribution < -0.4 is 16.0 Å². The van der Waals surface area contributed by atoms with Gasteiger partial charge < -0.3 is 4.74 Å². The van der Waals surface area contributed by atoms with Crippen LogP contribution in [0.15, 0.2) is 70.4 Å². The van der Waals surface area contributed by atoms with Crippen molar-refractivity contribution in [2.24, 2.45) is 7.05 Å². The zero-order chi connectivity index (χ0) is 22.4. The molecule has 0 saturated carbocycles. The van der Waals surface area contributed by atoms with Crippen LogP contribution in [0.4, 0.5) is 0 Å². The zero-order valence-corrected chi connectivity index (χ0v) is 18.1. The first-order chi connectivity index (χ1) is 15.5. The summed E-state index contributed by atoms with van der Waals surface area (Å²) in [5, 5.41) is 0. The van der Waals surface area contributed by atoms with Crippen LogP contribution in [0.5, 0.6) is 5.75 Å². The standard InChI is InChI=1S/C24H23N5O3/c1-16-15-28-20-21(25-23(28)29(16)18-10-7-11-19(14-18)32-3)26(2)24(31)27(22(20)30)13-12-17-8-5-4-6-9-17/h4-11,14-15H,12-13H2,1-3H3. The van der Waals surface area contributed by atoms with Crippen molar-refractivity contribution >= 4 is 16.9 Å². The Hall–Kier alpha value is -4.07. The molecule has 3 aromatic heterocycles. The molecular weight excluding hydrogens is 406 g/mol. The number of aromatic nitrogens is 5. The van der Waals surface area contributed by atoms with Crippen LogP contribution in [-0.4, -0.2) is 30.2 Å². The minimum absolute atomic E-state index is 0.300. The van der Waals surface area contributed by atoms with Crippen LogP contribution in [0.3, 0.4) is 0 Å². The molecule has 0 N–H and O–H groups in total. The van der Waals surface area contributed by atoms with Crippen LogP contribution in [0.1, 0.15) is 11.3 Å². The predicted molar refractivity (Wildman–Crippen MR) is 123 cm³/mol. The van der Waals surface area contributed by atoms with Gasteiger partial charge in [0.25, 0.3) is 5.56 Å². The first kappa shape index (κ1) is 19.9. The highest BCUT2D eigenvalue weighted by Gasteiger charge is 2.20. The van der Waals surface area contributed by atoms with E-state index in [0.717, 1.165) is 22.7 Å². The highest BCUT2D eigenvalue weighted by molar-refractivity contribution is 5.76. The molecule has 0 spiro atoms. The van der Waals surface area contributed by atoms with Crippen LogP contribution in [0, 0.1) is 6.92 Å². The molecule has 8 heteroatoms. The number of rotatable bonds is 5. The summed E-state index contributed by atoms with van der Waals surface area (Å²) in [4.78, 5) is 31.1. The molecular formula is C24H23N5O3. The van der Waals surface area contributed by atoms with Crippen molar-refractivity contribution in [3.63, 3.8) is 0 Å². The number of aryl methyl sites for hydroxylation is 3. The van der Waals surface area contributed by atoms with Gasteiger partial charge >= 0.3 is 5.69 Å². The summed E-state index contributed by atoms with van der Waals surface area (Å²) in [6.45, 7) is 2.25. The van der Waals surface area contributed by atoms with E-state index in [2.05, 4.69) is 4.98 Å². The van der Waals surface area contributed by atoms with E-state index < -0.39 is 0 Å². The van der Waals surface area contributed by atoms with E-state index in [1.54, 1.807) is 18.6 Å². The normalized spacial score (nSPS) is 11.5. The number of methoxy groups -OCH3 is 1. The lowest BCUT2D eigenvalue weighted by Gasteiger charge is -2.08. The Kier molecular flexibility index (Phi) is 4.70. The Morgan fingerprint density at radius 3 is 2.56 bits per heavy atom. The third-order valence-electron chi connectivity index (χ3n) is 5.80. The maximum atomic E-state index is 13.4. The lowest BCUT2D eigenvalue weighted by atomic mass is 10.1. The van der Waals surface area contributed by atoms with E-state index >= 15 is 0 Å². The Morgan fingerprint density at radius 2 is 1.81 bits per heavy atom. The summed E-state index contributed by atoms with van der Waals surface area (Å²) >= 11 is 0. The fraction of sp³-hybridized carbons (Fsp3) is 0.208. The maximum absolute atomic E-state index is 13.4. The molecule has 32 heavy (non-hydrogen) atoms. The van der Waals surface area contributed by atoms with Gasteiger partial charge in [0.05, 0.1) is 12.8 Å². The second kappa shape index (κ2) is 7.56. The molecule has 8 nitrogen and oxygen atoms in total. The predicted octanol–water partition coefficient (Wildman–Crippen LogP) is 2.70. The summed E-state index contributed by atoms with van der Waals surface area (Å²) in [6.07, 6.45) is 2.46. The zero-order valence-electron chi connectivity index (χ0n) is 18.1. The third kappa shape index (κ3) is 3.03. The average molecular weight is 429 g/mol. The summed E-state index contributed by atoms with van der Waals surface area (Å²) < 4.78 is 11.8. The SMILES string of the molecule is COc1cccc(-n2c(C)cn3c4c(=O)n(CCc5ccccc5)c(=O)n(C)c4nc23)c1. The largest absolute Gasteiger partial charge is 0.497 e. The molecule has 0 saturated heterocycles. The molecule has 0 bridgehead atoms. The van der Waals surface area contributed by atoms with Gasteiger partial charge in [-0.15, -0.1) is 0 Å². The first-order valence-electron chi connectivity index (χ1n) is 10.4. The van der Waals surface area contributed by atoms with Crippen LogP contribution in [0.2, 0.25) is 0 Å². The Morgan fingerprint density at radius 1 is 1.03 bits per heavy atom. The van der Waals surface area contributed by atoms with E-state index in [9.17, 15) is 9.59 Å². The third-order valence-corrected chi connectivity index (χ3v) is 5.80. The van der Waals surface area contributed by atoms with Gasteiger partial charge in [0.2, 0.25) is 5.78 Å². The lowest BCUT2D eigenvalue weighted by molar-refractivity contribution is 0.414. The maximum Gasteiger partial charge on any atom is 0.332 e. The summed E-state index contributed by atoms with van der Waals surface area (Å²) in [5.74, 6) is 1.29. The Bertz CT molecular complexity index is 1570. The highest BCUT2D eigenvalue weighted by Crippen LogP contribution is 2.23. The molecule has 0 aliphatic rings. The van der Waals surface area contributed by atoms with Crippen LogP contribution in [0.25, 0.3) is 22.6 Å². The molecule has 0 aliphatic heterocycles. The molecule has 0 unspecified atom stereocenters. The van der Waals surface area contributed by atoms with Gasteiger partial charge in [-0.25, -0.2) is 4.79 Å². The number of nitrogens with zero attached hydrogens (tertiary/aromatic N) is 5. The summed E-state index contributed by atoms with van der Waals surface area (Å²) in [7, 11) is 3.27. The molecule has 0 amide bonds. The molecule has 162 valence electrons. The van der Waals surface area contributed by atoms with Gasteiger partial charge in [-0.2, -0.15) is 4.98 Å². The average Bonchev–Trinajstić information content (AvgIpc) is 3.32. The van der Waals surface area contributed by atoms with E-state index in [0.29, 0.717) is 29.9 Å². The molecule has 5 rings (SSSR count). The van der Waals surface area contributed by atoms with E-state index in [4.69, 9.17) is 4.74 Å². The van der Waals surface area contributed by atoms with Crippen molar-refractivity contribution in [1.82, 2.24) is 23.1 Å². The van der Waals surface area contributed by atoms with Crippen molar-refractivity contribution in [3.05, 3.63) is 92.9 Å². The number of fused-ring (bicyclic) bond motifs is 3. The molecule has 0 radical (unpaired) electrons. The minimum Gasteiger partial charge on any atom is -0.497 e. The van der Waals surface area contributed by atoms with Gasteiger partial charge in [0, 0.05) is 31.5 Å². The monoisotopic (exact) mass is 429 g/mol. The van der Waals surface area contributed by atoms with Crippen molar-refractivity contribution in [1.29, 1.82) is 0 Å². The molecule has 0 atom stereocenters. The van der Waals surface area contributed by atoms with Crippen molar-refractivity contribution in [2.45, 2.75) is 19.9 Å². The van der Waals surface area contributed by atoms with E-state index in [1.807, 2.05) is 72.3 Å². The first-order valence-corrected chi connectivity index (χ1v) is 10.4. The van der Waals surface area contributed by atoms with Gasteiger partial charge in [0.1, 0.15) is 5.75 Å². The van der Waals surface area contributed by atoms with Gasteiger partial charge in [-0.3, -0.25) is 22.9 Å². The Balaban J connectivity index is 1.71. The minimum atomic E-state index is -0.371. The molecule has 0 aliphatic carbocycles. The van der Waals surface area contributed by atoms with Crippen molar-refractivity contribution < 1.29 is 4.74 Å². The molecule has 0 fully saturated rings. The fourth-order valence-corrected chi connectivity index (χ4v) is 4.16. The molecule has 2 aromatic carbocycles. The second-order valence-electron chi connectivity index (χ2n) is 7.80. The van der Waals surface area contributed by atoms with Crippen LogP contribution in [-0.2, 0) is 20.0 Å². The lowest BCUT2D eigenvalue weighted by Crippen LogP contribution is -2.39. The number of benzene rings is 2. The summed E-state index contributed by atoms with van der Waals surface area (Å²) in [6, 6.07) is 17.4. The van der Waals surface area contributed by atoms with E-state index in [-0.39, 0.29) is 11.2 Å². The van der Waals surface area contributed by atoms with Crippen LogP contribution >= 0.6 is 0 Å². The quantitative estimate of drug-likeness (QED) is 0.431. The number of imidazole rings is 2. The molecule has 5 aromatic rings. The van der Waals surface area contributed by atoms with Gasteiger partial charge in [-0.1, -0.05) is 36.4 Å². The Labute approximate surface area is 183 Å².